The fraction of sp³-hybridized carbons (Fsp3) is 0.917. The Morgan fingerprint density at radius 3 is 2.83 bits per heavy atom. The molecule has 18 heavy (non-hydrogen) atoms. The number of hydrogen-bond donors (Lipinski definition) is 1. The lowest BCUT2D eigenvalue weighted by Crippen LogP contribution is -2.20. The van der Waals surface area contributed by atoms with Crippen LogP contribution in [0.4, 0.5) is 0 Å². The van der Waals surface area contributed by atoms with E-state index < -0.39 is 0 Å². The molecule has 6 heteroatoms. The van der Waals surface area contributed by atoms with Crippen molar-refractivity contribution in [2.45, 2.75) is 49.7 Å². The van der Waals surface area contributed by atoms with Crippen molar-refractivity contribution in [3.8, 4) is 0 Å². The van der Waals surface area contributed by atoms with Crippen LogP contribution in [-0.2, 0) is 0 Å². The summed E-state index contributed by atoms with van der Waals surface area (Å²) >= 11 is 1.78. The highest BCUT2D eigenvalue weighted by atomic mass is 32.2. The van der Waals surface area contributed by atoms with Crippen molar-refractivity contribution in [1.29, 1.82) is 0 Å². The molecule has 0 unspecified atom stereocenters. The van der Waals surface area contributed by atoms with E-state index in [1.807, 2.05) is 4.68 Å². The zero-order valence-corrected chi connectivity index (χ0v) is 11.5. The molecule has 2 fully saturated rings. The molecule has 1 aromatic heterocycles. The largest absolute Gasteiger partial charge is 0.316 e. The highest BCUT2D eigenvalue weighted by Crippen LogP contribution is 2.31. The topological polar surface area (TPSA) is 55.6 Å². The summed E-state index contributed by atoms with van der Waals surface area (Å²) in [6.45, 7) is 2.24. The van der Waals surface area contributed by atoms with Crippen LogP contribution < -0.4 is 5.32 Å². The van der Waals surface area contributed by atoms with Gasteiger partial charge in [-0.15, -0.1) is 5.10 Å². The molecule has 100 valence electrons. The van der Waals surface area contributed by atoms with Crippen molar-refractivity contribution in [2.24, 2.45) is 5.92 Å². The first-order chi connectivity index (χ1) is 8.93. The highest BCUT2D eigenvalue weighted by Gasteiger charge is 2.22. The molecule has 3 rings (SSSR count). The lowest BCUT2D eigenvalue weighted by Gasteiger charge is -2.10. The second-order valence-corrected chi connectivity index (χ2v) is 6.40. The highest BCUT2D eigenvalue weighted by molar-refractivity contribution is 7.99. The van der Waals surface area contributed by atoms with Gasteiger partial charge in [0, 0.05) is 12.3 Å². The predicted molar refractivity (Wildman–Crippen MR) is 71.6 cm³/mol. The molecule has 2 saturated carbocycles. The first kappa shape index (κ1) is 12.4. The van der Waals surface area contributed by atoms with Gasteiger partial charge in [0.05, 0.1) is 6.04 Å². The monoisotopic (exact) mass is 267 g/mol. The molecule has 1 N–H and O–H groups in total. The zero-order valence-electron chi connectivity index (χ0n) is 10.7. The molecule has 0 aliphatic heterocycles. The van der Waals surface area contributed by atoms with E-state index in [4.69, 9.17) is 0 Å². The van der Waals surface area contributed by atoms with Gasteiger partial charge in [-0.3, -0.25) is 0 Å². The van der Waals surface area contributed by atoms with E-state index in [-0.39, 0.29) is 0 Å². The third kappa shape index (κ3) is 3.23. The van der Waals surface area contributed by atoms with E-state index in [0.717, 1.165) is 23.4 Å². The van der Waals surface area contributed by atoms with E-state index in [9.17, 15) is 0 Å². The Morgan fingerprint density at radius 2 is 2.06 bits per heavy atom. The second kappa shape index (κ2) is 6.02. The summed E-state index contributed by atoms with van der Waals surface area (Å²) in [5.74, 6) is 2.01. The molecule has 0 spiro atoms. The molecule has 0 aromatic carbocycles. The fourth-order valence-corrected chi connectivity index (χ4v) is 3.34. The summed E-state index contributed by atoms with van der Waals surface area (Å²) in [5.41, 5.74) is 0. The lowest BCUT2D eigenvalue weighted by molar-refractivity contribution is 0.423. The number of thioether (sulfide) groups is 1. The molecule has 0 saturated heterocycles. The van der Waals surface area contributed by atoms with Crippen LogP contribution in [0, 0.1) is 5.92 Å². The molecule has 2 aliphatic carbocycles. The van der Waals surface area contributed by atoms with E-state index in [0.29, 0.717) is 6.04 Å². The fourth-order valence-electron chi connectivity index (χ4n) is 2.50. The van der Waals surface area contributed by atoms with Crippen LogP contribution >= 0.6 is 11.8 Å². The smallest absolute Gasteiger partial charge is 0.209 e. The maximum atomic E-state index is 4.15. The lowest BCUT2D eigenvalue weighted by atomic mass is 10.3. The Balaban J connectivity index is 1.42. The summed E-state index contributed by atoms with van der Waals surface area (Å²) in [6, 6.07) is 0.543. The number of aromatic nitrogens is 4. The zero-order chi connectivity index (χ0) is 12.2. The summed E-state index contributed by atoms with van der Waals surface area (Å²) in [7, 11) is 0. The van der Waals surface area contributed by atoms with Gasteiger partial charge in [0.15, 0.2) is 0 Å². The standard InChI is InChI=1S/C12H21N5S/c1-2-4-11(3-1)17-12(14-15-16-17)18-8-7-13-9-10-5-6-10/h10-11,13H,1-9H2. The van der Waals surface area contributed by atoms with Crippen LogP contribution in [0.25, 0.3) is 0 Å². The SMILES string of the molecule is C1CCC(n2nnnc2SCCNCC2CC2)C1. The quantitative estimate of drug-likeness (QED) is 0.604. The Kier molecular flexibility index (Phi) is 4.15. The third-order valence-electron chi connectivity index (χ3n) is 3.77. The normalized spacial score (nSPS) is 20.7. The van der Waals surface area contributed by atoms with Gasteiger partial charge in [-0.05, 0) is 48.6 Å². The average Bonchev–Trinajstić information content (AvgIpc) is 2.89. The predicted octanol–water partition coefficient (Wildman–Crippen LogP) is 1.88. The average molecular weight is 267 g/mol. The van der Waals surface area contributed by atoms with Gasteiger partial charge in [-0.1, -0.05) is 24.6 Å². The van der Waals surface area contributed by atoms with Crippen LogP contribution in [0.1, 0.15) is 44.6 Å². The van der Waals surface area contributed by atoms with Crippen molar-refractivity contribution in [3.63, 3.8) is 0 Å². The maximum absolute atomic E-state index is 4.15. The maximum Gasteiger partial charge on any atom is 0.209 e. The van der Waals surface area contributed by atoms with E-state index >= 15 is 0 Å². The molecular weight excluding hydrogens is 246 g/mol. The Morgan fingerprint density at radius 1 is 1.22 bits per heavy atom. The van der Waals surface area contributed by atoms with Crippen LogP contribution in [0.15, 0.2) is 5.16 Å². The number of hydrogen-bond acceptors (Lipinski definition) is 5. The molecular formula is C12H21N5S. The second-order valence-electron chi connectivity index (χ2n) is 5.34. The van der Waals surface area contributed by atoms with Gasteiger partial charge in [-0.25, -0.2) is 4.68 Å². The van der Waals surface area contributed by atoms with Crippen LogP contribution in [0.2, 0.25) is 0 Å². The number of rotatable bonds is 7. The Labute approximate surface area is 112 Å². The van der Waals surface area contributed by atoms with Crippen molar-refractivity contribution < 1.29 is 0 Å². The van der Waals surface area contributed by atoms with Gasteiger partial charge >= 0.3 is 0 Å². The Bertz CT molecular complexity index is 370. The van der Waals surface area contributed by atoms with E-state index in [2.05, 4.69) is 20.8 Å². The minimum Gasteiger partial charge on any atom is -0.316 e. The van der Waals surface area contributed by atoms with Crippen LogP contribution in [0.5, 0.6) is 0 Å². The summed E-state index contributed by atoms with van der Waals surface area (Å²) < 4.78 is 2.04. The molecule has 0 radical (unpaired) electrons. The van der Waals surface area contributed by atoms with Gasteiger partial charge in [0.1, 0.15) is 0 Å². The molecule has 2 aliphatic rings. The van der Waals surface area contributed by atoms with Crippen molar-refractivity contribution >= 4 is 11.8 Å². The van der Waals surface area contributed by atoms with Crippen LogP contribution in [0.3, 0.4) is 0 Å². The van der Waals surface area contributed by atoms with E-state index in [1.54, 1.807) is 11.8 Å². The molecule has 1 heterocycles. The number of nitrogens with zero attached hydrogens (tertiary/aromatic N) is 4. The van der Waals surface area contributed by atoms with Gasteiger partial charge < -0.3 is 5.32 Å². The van der Waals surface area contributed by atoms with Gasteiger partial charge in [0.25, 0.3) is 0 Å². The van der Waals surface area contributed by atoms with Crippen LogP contribution in [-0.4, -0.2) is 39.0 Å². The summed E-state index contributed by atoms with van der Waals surface area (Å²) in [6.07, 6.45) is 7.94. The molecule has 0 atom stereocenters. The molecule has 1 aromatic rings. The first-order valence-electron chi connectivity index (χ1n) is 7.05. The third-order valence-corrected chi connectivity index (χ3v) is 4.71. The van der Waals surface area contributed by atoms with Gasteiger partial charge in [-0.2, -0.15) is 0 Å². The van der Waals surface area contributed by atoms with Crippen molar-refractivity contribution in [3.05, 3.63) is 0 Å². The van der Waals surface area contributed by atoms with Crippen molar-refractivity contribution in [1.82, 2.24) is 25.5 Å². The number of tetrazole rings is 1. The summed E-state index contributed by atoms with van der Waals surface area (Å²) in [5, 5.41) is 16.6. The van der Waals surface area contributed by atoms with Gasteiger partial charge in [0.2, 0.25) is 5.16 Å². The first-order valence-corrected chi connectivity index (χ1v) is 8.03. The van der Waals surface area contributed by atoms with E-state index in [1.165, 1.54) is 45.1 Å². The minimum atomic E-state index is 0.543. The Hall–Kier alpha value is -0.620. The molecule has 0 bridgehead atoms. The van der Waals surface area contributed by atoms with Crippen molar-refractivity contribution in [2.75, 3.05) is 18.8 Å². The minimum absolute atomic E-state index is 0.543. The molecule has 5 nitrogen and oxygen atoms in total. The molecule has 0 amide bonds. The number of nitrogens with one attached hydrogen (secondary N) is 1. The summed E-state index contributed by atoms with van der Waals surface area (Å²) in [4.78, 5) is 0.